The lowest BCUT2D eigenvalue weighted by Gasteiger charge is -2.33. The number of methoxy groups -OCH3 is 1. The molecule has 1 unspecified atom stereocenters. The Kier molecular flexibility index (Phi) is 4.74. The van der Waals surface area contributed by atoms with Gasteiger partial charge in [0.2, 0.25) is 10.8 Å². The van der Waals surface area contributed by atoms with Gasteiger partial charge in [-0.2, -0.15) is 0 Å². The summed E-state index contributed by atoms with van der Waals surface area (Å²) in [7, 11) is 1.63. The highest BCUT2D eigenvalue weighted by atomic mass is 32.2. The van der Waals surface area contributed by atoms with Crippen LogP contribution in [0, 0.1) is 6.92 Å². The van der Waals surface area contributed by atoms with E-state index in [1.165, 1.54) is 11.8 Å². The van der Waals surface area contributed by atoms with E-state index < -0.39 is 4.87 Å². The number of ether oxygens (including phenoxy) is 1. The van der Waals surface area contributed by atoms with E-state index >= 15 is 0 Å². The van der Waals surface area contributed by atoms with E-state index in [2.05, 4.69) is 0 Å². The van der Waals surface area contributed by atoms with Gasteiger partial charge in [-0.3, -0.25) is 14.5 Å². The fourth-order valence-corrected chi connectivity index (χ4v) is 5.72. The van der Waals surface area contributed by atoms with Crippen LogP contribution in [0.4, 0.5) is 11.4 Å². The van der Waals surface area contributed by atoms with Crippen LogP contribution in [0.1, 0.15) is 16.7 Å². The summed E-state index contributed by atoms with van der Waals surface area (Å²) in [6.07, 6.45) is 0. The Balaban J connectivity index is 1.61. The van der Waals surface area contributed by atoms with Gasteiger partial charge in [0.25, 0.3) is 5.91 Å². The van der Waals surface area contributed by atoms with Crippen LogP contribution in [0.5, 0.6) is 5.75 Å². The second-order valence-corrected chi connectivity index (χ2v) is 8.93. The molecule has 0 aromatic heterocycles. The van der Waals surface area contributed by atoms with Crippen LogP contribution in [0.15, 0.2) is 72.8 Å². The quantitative estimate of drug-likeness (QED) is 0.612. The van der Waals surface area contributed by atoms with Crippen molar-refractivity contribution in [1.82, 2.24) is 0 Å². The van der Waals surface area contributed by atoms with Crippen molar-refractivity contribution in [3.8, 4) is 5.75 Å². The fourth-order valence-electron chi connectivity index (χ4n) is 4.36. The van der Waals surface area contributed by atoms with E-state index in [1.807, 2.05) is 79.7 Å². The van der Waals surface area contributed by atoms with Gasteiger partial charge in [-0.15, -0.1) is 11.8 Å². The first-order chi connectivity index (χ1) is 15.0. The monoisotopic (exact) mass is 430 g/mol. The third-order valence-corrected chi connectivity index (χ3v) is 7.22. The van der Waals surface area contributed by atoms with Crippen LogP contribution in [0.3, 0.4) is 0 Å². The molecule has 1 fully saturated rings. The maximum atomic E-state index is 14.0. The lowest BCUT2D eigenvalue weighted by Crippen LogP contribution is -2.49. The zero-order valence-corrected chi connectivity index (χ0v) is 18.2. The molecule has 0 aliphatic carbocycles. The summed E-state index contributed by atoms with van der Waals surface area (Å²) in [5.74, 6) is 0.869. The molecule has 2 amide bonds. The van der Waals surface area contributed by atoms with Crippen LogP contribution in [-0.4, -0.2) is 24.7 Å². The summed E-state index contributed by atoms with van der Waals surface area (Å²) in [6.45, 7) is 2.41. The largest absolute Gasteiger partial charge is 0.497 e. The molecule has 3 aromatic rings. The lowest BCUT2D eigenvalue weighted by molar-refractivity contribution is -0.123. The Bertz CT molecular complexity index is 1180. The molecule has 156 valence electrons. The smallest absolute Gasteiger partial charge is 0.269 e. The molecule has 6 heteroatoms. The molecule has 2 aliphatic rings. The first-order valence-corrected chi connectivity index (χ1v) is 11.1. The highest BCUT2D eigenvalue weighted by molar-refractivity contribution is 8.02. The minimum atomic E-state index is -1.08. The van der Waals surface area contributed by atoms with Gasteiger partial charge in [-0.25, -0.2) is 0 Å². The molecule has 3 aromatic carbocycles. The number of anilines is 2. The molecule has 1 saturated heterocycles. The number of para-hydroxylation sites is 1. The van der Waals surface area contributed by atoms with Gasteiger partial charge in [-0.1, -0.05) is 48.0 Å². The molecule has 1 spiro atoms. The molecular weight excluding hydrogens is 408 g/mol. The number of carbonyl (C=O) groups is 2. The topological polar surface area (TPSA) is 49.9 Å². The number of thioether (sulfide) groups is 1. The van der Waals surface area contributed by atoms with E-state index in [0.717, 1.165) is 33.8 Å². The third kappa shape index (κ3) is 3.01. The first kappa shape index (κ1) is 19.7. The minimum absolute atomic E-state index is 0.0553. The number of rotatable bonds is 4. The number of nitrogens with zero attached hydrogens (tertiary/aromatic N) is 2. The zero-order valence-electron chi connectivity index (χ0n) is 17.4. The number of hydrogen-bond acceptors (Lipinski definition) is 4. The van der Waals surface area contributed by atoms with Gasteiger partial charge in [0, 0.05) is 11.3 Å². The van der Waals surface area contributed by atoms with Crippen molar-refractivity contribution >= 4 is 35.0 Å². The summed E-state index contributed by atoms with van der Waals surface area (Å²) in [6, 6.07) is 23.3. The van der Waals surface area contributed by atoms with Crippen LogP contribution < -0.4 is 14.5 Å². The van der Waals surface area contributed by atoms with Crippen molar-refractivity contribution < 1.29 is 14.3 Å². The Morgan fingerprint density at radius 3 is 2.55 bits per heavy atom. The van der Waals surface area contributed by atoms with Crippen molar-refractivity contribution in [2.45, 2.75) is 18.3 Å². The Hall–Kier alpha value is -3.25. The average Bonchev–Trinajstić information content (AvgIpc) is 3.26. The molecular formula is C25H22N2O3S. The van der Waals surface area contributed by atoms with Crippen LogP contribution >= 0.6 is 11.8 Å². The minimum Gasteiger partial charge on any atom is -0.497 e. The fraction of sp³-hybridized carbons (Fsp3) is 0.200. The van der Waals surface area contributed by atoms with Gasteiger partial charge >= 0.3 is 0 Å². The molecule has 2 heterocycles. The first-order valence-electron chi connectivity index (χ1n) is 10.1. The molecule has 31 heavy (non-hydrogen) atoms. The standard InChI is InChI=1S/C25H22N2O3S/c1-17-10-12-19(13-11-17)27-23(28)16-31-25(27)21-8-3-4-9-22(21)26(24(25)29)15-18-6-5-7-20(14-18)30-2/h3-14H,15-16H2,1-2H3. The van der Waals surface area contributed by atoms with Crippen LogP contribution in [-0.2, 0) is 21.0 Å². The highest BCUT2D eigenvalue weighted by Gasteiger charge is 2.60. The van der Waals surface area contributed by atoms with Crippen molar-refractivity contribution in [3.63, 3.8) is 0 Å². The Morgan fingerprint density at radius 2 is 1.77 bits per heavy atom. The lowest BCUT2D eigenvalue weighted by atomic mass is 10.0. The number of fused-ring (bicyclic) bond motifs is 2. The van der Waals surface area contributed by atoms with Crippen molar-refractivity contribution in [2.75, 3.05) is 22.7 Å². The molecule has 5 rings (SSSR count). The molecule has 2 aliphatic heterocycles. The number of carbonyl (C=O) groups excluding carboxylic acids is 2. The summed E-state index contributed by atoms with van der Waals surface area (Å²) >= 11 is 1.40. The number of aryl methyl sites for hydroxylation is 1. The molecule has 0 saturated carbocycles. The van der Waals surface area contributed by atoms with E-state index in [0.29, 0.717) is 6.54 Å². The Morgan fingerprint density at radius 1 is 1.00 bits per heavy atom. The SMILES string of the molecule is COc1cccc(CN2C(=O)C3(SCC(=O)N3c3ccc(C)cc3)c3ccccc32)c1. The van der Waals surface area contributed by atoms with Gasteiger partial charge < -0.3 is 9.64 Å². The maximum absolute atomic E-state index is 14.0. The zero-order chi connectivity index (χ0) is 21.6. The molecule has 1 atom stereocenters. The van der Waals surface area contributed by atoms with Crippen molar-refractivity contribution in [3.05, 3.63) is 89.5 Å². The Labute approximate surface area is 185 Å². The van der Waals surface area contributed by atoms with Gasteiger partial charge in [-0.05, 0) is 42.8 Å². The van der Waals surface area contributed by atoms with Crippen LogP contribution in [0.25, 0.3) is 0 Å². The molecule has 0 bridgehead atoms. The van der Waals surface area contributed by atoms with E-state index in [1.54, 1.807) is 16.9 Å². The summed E-state index contributed by atoms with van der Waals surface area (Å²) in [5.41, 5.74) is 4.52. The molecule has 0 radical (unpaired) electrons. The van der Waals surface area contributed by atoms with Gasteiger partial charge in [0.05, 0.1) is 25.1 Å². The van der Waals surface area contributed by atoms with Gasteiger partial charge in [0.15, 0.2) is 0 Å². The number of hydrogen-bond donors (Lipinski definition) is 0. The average molecular weight is 431 g/mol. The van der Waals surface area contributed by atoms with Crippen molar-refractivity contribution in [2.24, 2.45) is 0 Å². The summed E-state index contributed by atoms with van der Waals surface area (Å²) in [5, 5.41) is 0. The number of amides is 2. The summed E-state index contributed by atoms with van der Waals surface area (Å²) in [4.78, 5) is 29.5. The van der Waals surface area contributed by atoms with Crippen molar-refractivity contribution in [1.29, 1.82) is 0 Å². The number of benzene rings is 3. The molecule has 5 nitrogen and oxygen atoms in total. The van der Waals surface area contributed by atoms with E-state index in [9.17, 15) is 9.59 Å². The normalized spacial score (nSPS) is 19.9. The van der Waals surface area contributed by atoms with E-state index in [-0.39, 0.29) is 17.6 Å². The summed E-state index contributed by atoms with van der Waals surface area (Å²) < 4.78 is 5.35. The third-order valence-electron chi connectivity index (χ3n) is 5.83. The predicted molar refractivity (Wildman–Crippen MR) is 123 cm³/mol. The van der Waals surface area contributed by atoms with Crippen LogP contribution in [0.2, 0.25) is 0 Å². The predicted octanol–water partition coefficient (Wildman–Crippen LogP) is 4.48. The second-order valence-electron chi connectivity index (χ2n) is 7.76. The second kappa shape index (κ2) is 7.46. The maximum Gasteiger partial charge on any atom is 0.269 e. The highest BCUT2D eigenvalue weighted by Crippen LogP contribution is 2.55. The van der Waals surface area contributed by atoms with Gasteiger partial charge in [0.1, 0.15) is 5.75 Å². The molecule has 0 N–H and O–H groups in total. The van der Waals surface area contributed by atoms with E-state index in [4.69, 9.17) is 4.74 Å².